The highest BCUT2D eigenvalue weighted by atomic mass is 32.2. The fourth-order valence-corrected chi connectivity index (χ4v) is 5.33. The average Bonchev–Trinajstić information content (AvgIpc) is 2.83. The van der Waals surface area contributed by atoms with Crippen molar-refractivity contribution in [3.63, 3.8) is 0 Å². The lowest BCUT2D eigenvalue weighted by atomic mass is 9.96. The van der Waals surface area contributed by atoms with Gasteiger partial charge >= 0.3 is 0 Å². The molecule has 1 aliphatic heterocycles. The fraction of sp³-hybridized carbons (Fsp3) is 0.417. The van der Waals surface area contributed by atoms with Crippen LogP contribution >= 0.6 is 0 Å². The van der Waals surface area contributed by atoms with Crippen molar-refractivity contribution in [3.05, 3.63) is 48.5 Å². The Kier molecular flexibility index (Phi) is 8.51. The van der Waals surface area contributed by atoms with Gasteiger partial charge in [0.15, 0.2) is 6.61 Å². The topological polar surface area (TPSA) is 131 Å². The van der Waals surface area contributed by atoms with E-state index in [0.717, 1.165) is 0 Å². The molecule has 1 aliphatic rings. The molecule has 9 nitrogen and oxygen atoms in total. The first kappa shape index (κ1) is 25.5. The lowest BCUT2D eigenvalue weighted by molar-refractivity contribution is -0.122. The number of benzene rings is 2. The van der Waals surface area contributed by atoms with Gasteiger partial charge in [0.2, 0.25) is 15.9 Å². The van der Waals surface area contributed by atoms with Crippen molar-refractivity contribution in [2.24, 2.45) is 11.7 Å². The minimum absolute atomic E-state index is 0.0760. The van der Waals surface area contributed by atoms with E-state index in [9.17, 15) is 18.0 Å². The number of nitrogens with zero attached hydrogens (tertiary/aromatic N) is 1. The number of hydrogen-bond acceptors (Lipinski definition) is 6. The van der Waals surface area contributed by atoms with E-state index in [4.69, 9.17) is 10.5 Å². The van der Waals surface area contributed by atoms with Gasteiger partial charge in [-0.15, -0.1) is 0 Å². The highest BCUT2D eigenvalue weighted by molar-refractivity contribution is 7.89. The van der Waals surface area contributed by atoms with Crippen LogP contribution in [-0.4, -0.2) is 46.0 Å². The quantitative estimate of drug-likeness (QED) is 0.471. The van der Waals surface area contributed by atoms with Gasteiger partial charge in [-0.3, -0.25) is 9.59 Å². The van der Waals surface area contributed by atoms with Crippen LogP contribution < -0.4 is 25.4 Å². The van der Waals surface area contributed by atoms with Crippen LogP contribution in [0.2, 0.25) is 0 Å². The predicted molar refractivity (Wildman–Crippen MR) is 131 cm³/mol. The number of rotatable bonds is 10. The van der Waals surface area contributed by atoms with Crippen LogP contribution in [0.5, 0.6) is 5.75 Å². The van der Waals surface area contributed by atoms with E-state index in [2.05, 4.69) is 10.0 Å². The molecular weight excluding hydrogens is 456 g/mol. The average molecular weight is 489 g/mol. The zero-order valence-corrected chi connectivity index (χ0v) is 20.3. The third-order valence-corrected chi connectivity index (χ3v) is 7.47. The molecule has 1 heterocycles. The number of carbonyl (C=O) groups excluding carboxylic acids is 2. The molecule has 1 fully saturated rings. The molecule has 3 rings (SSSR count). The Morgan fingerprint density at radius 1 is 1.15 bits per heavy atom. The van der Waals surface area contributed by atoms with Gasteiger partial charge in [0, 0.05) is 30.7 Å². The summed E-state index contributed by atoms with van der Waals surface area (Å²) in [5.74, 6) is -0.384. The molecule has 0 aromatic heterocycles. The number of sulfonamides is 1. The Morgan fingerprint density at radius 2 is 1.82 bits per heavy atom. The second kappa shape index (κ2) is 11.3. The summed E-state index contributed by atoms with van der Waals surface area (Å²) in [7, 11) is -3.86. The first-order chi connectivity index (χ1) is 16.2. The van der Waals surface area contributed by atoms with E-state index >= 15 is 0 Å². The number of primary amides is 1. The first-order valence-corrected chi connectivity index (χ1v) is 12.9. The molecule has 0 radical (unpaired) electrons. The van der Waals surface area contributed by atoms with E-state index < -0.39 is 15.9 Å². The molecule has 0 spiro atoms. The molecule has 2 aromatic rings. The van der Waals surface area contributed by atoms with E-state index in [-0.39, 0.29) is 29.4 Å². The van der Waals surface area contributed by atoms with Gasteiger partial charge in [0.25, 0.3) is 5.91 Å². The summed E-state index contributed by atoms with van der Waals surface area (Å²) < 4.78 is 34.6. The highest BCUT2D eigenvalue weighted by Crippen LogP contribution is 2.32. The molecule has 0 aliphatic carbocycles. The normalized spacial score (nSPS) is 15.5. The Hall–Kier alpha value is -3.11. The van der Waals surface area contributed by atoms with Crippen molar-refractivity contribution in [1.29, 1.82) is 0 Å². The van der Waals surface area contributed by atoms with E-state index in [1.807, 2.05) is 17.9 Å². The van der Waals surface area contributed by atoms with Crippen LogP contribution in [0.1, 0.15) is 33.1 Å². The third-order valence-electron chi connectivity index (χ3n) is 5.85. The molecule has 184 valence electrons. The fourth-order valence-electron chi connectivity index (χ4n) is 3.75. The van der Waals surface area contributed by atoms with Crippen molar-refractivity contribution in [2.75, 3.05) is 29.9 Å². The van der Waals surface area contributed by atoms with Gasteiger partial charge in [-0.05, 0) is 56.5 Å². The van der Waals surface area contributed by atoms with Gasteiger partial charge in [0.1, 0.15) is 10.6 Å². The molecular formula is C24H32N4O5S. The summed E-state index contributed by atoms with van der Waals surface area (Å²) in [5.41, 5.74) is 6.31. The van der Waals surface area contributed by atoms with Crippen molar-refractivity contribution < 1.29 is 22.7 Å². The van der Waals surface area contributed by atoms with E-state index in [1.165, 1.54) is 6.07 Å². The Balaban J connectivity index is 1.81. The van der Waals surface area contributed by atoms with Crippen LogP contribution in [0.4, 0.5) is 11.4 Å². The smallest absolute Gasteiger partial charge is 0.262 e. The van der Waals surface area contributed by atoms with Crippen molar-refractivity contribution in [3.8, 4) is 5.75 Å². The monoisotopic (exact) mass is 488 g/mol. The maximum Gasteiger partial charge on any atom is 0.262 e. The number of anilines is 2. The minimum Gasteiger partial charge on any atom is -0.484 e. The summed E-state index contributed by atoms with van der Waals surface area (Å²) in [6, 6.07) is 13.5. The standard InChI is InChI=1S/C24H32N4O5S/c1-3-17(2)27-34(31,32)22-15-19(26-23(29)16-33-20-7-5-4-6-8-20)9-10-21(22)28-13-11-18(12-14-28)24(25)30/h4-10,15,17-18,27H,3,11-14,16H2,1-2H3,(H2,25,30)(H,26,29)/t17-/m1/s1. The minimum atomic E-state index is -3.86. The van der Waals surface area contributed by atoms with Crippen LogP contribution in [0.25, 0.3) is 0 Å². The zero-order chi connectivity index (χ0) is 24.7. The molecule has 2 aromatic carbocycles. The summed E-state index contributed by atoms with van der Waals surface area (Å²) >= 11 is 0. The maximum atomic E-state index is 13.2. The number of ether oxygens (including phenoxy) is 1. The number of nitrogens with two attached hydrogens (primary N) is 1. The van der Waals surface area contributed by atoms with Gasteiger partial charge in [-0.1, -0.05) is 25.1 Å². The number of piperidine rings is 1. The summed E-state index contributed by atoms with van der Waals surface area (Å²) in [5, 5.41) is 2.71. The van der Waals surface area contributed by atoms with Gasteiger partial charge in [-0.25, -0.2) is 13.1 Å². The number of hydrogen-bond donors (Lipinski definition) is 3. The lowest BCUT2D eigenvalue weighted by Gasteiger charge is -2.33. The first-order valence-electron chi connectivity index (χ1n) is 11.4. The predicted octanol–water partition coefficient (Wildman–Crippen LogP) is 2.48. The maximum absolute atomic E-state index is 13.2. The SMILES string of the molecule is CC[C@@H](C)NS(=O)(=O)c1cc(NC(=O)COc2ccccc2)ccc1N1CCC(C(N)=O)CC1. The Labute approximate surface area is 200 Å². The van der Waals surface area contributed by atoms with Crippen molar-refractivity contribution >= 4 is 33.2 Å². The number of nitrogens with one attached hydrogen (secondary N) is 2. The Bertz CT molecular complexity index is 1100. The zero-order valence-electron chi connectivity index (χ0n) is 19.5. The number of carbonyl (C=O) groups is 2. The second-order valence-corrected chi connectivity index (χ2v) is 10.1. The van der Waals surface area contributed by atoms with Crippen molar-refractivity contribution in [1.82, 2.24) is 4.72 Å². The van der Waals surface area contributed by atoms with E-state index in [0.29, 0.717) is 49.5 Å². The van der Waals surface area contributed by atoms with Gasteiger partial charge < -0.3 is 20.7 Å². The van der Waals surface area contributed by atoms with Crippen LogP contribution in [0.3, 0.4) is 0 Å². The van der Waals surface area contributed by atoms with E-state index in [1.54, 1.807) is 43.3 Å². The van der Waals surface area contributed by atoms with Crippen LogP contribution in [0, 0.1) is 5.92 Å². The third kappa shape index (κ3) is 6.71. The summed E-state index contributed by atoms with van der Waals surface area (Å²) in [6.07, 6.45) is 1.75. The molecule has 34 heavy (non-hydrogen) atoms. The molecule has 10 heteroatoms. The largest absolute Gasteiger partial charge is 0.484 e. The second-order valence-electron chi connectivity index (χ2n) is 8.43. The molecule has 2 amide bonds. The molecule has 1 atom stereocenters. The number of amides is 2. The van der Waals surface area contributed by atoms with Crippen LogP contribution in [-0.2, 0) is 19.6 Å². The van der Waals surface area contributed by atoms with Gasteiger partial charge in [-0.2, -0.15) is 0 Å². The molecule has 0 unspecified atom stereocenters. The highest BCUT2D eigenvalue weighted by Gasteiger charge is 2.28. The van der Waals surface area contributed by atoms with Crippen molar-refractivity contribution in [2.45, 2.75) is 44.0 Å². The lowest BCUT2D eigenvalue weighted by Crippen LogP contribution is -2.40. The Morgan fingerprint density at radius 3 is 2.44 bits per heavy atom. The van der Waals surface area contributed by atoms with Gasteiger partial charge in [0.05, 0.1) is 5.69 Å². The molecule has 0 saturated carbocycles. The summed E-state index contributed by atoms with van der Waals surface area (Å²) in [4.78, 5) is 25.9. The summed E-state index contributed by atoms with van der Waals surface area (Å²) in [6.45, 7) is 4.50. The molecule has 1 saturated heterocycles. The molecule has 0 bridgehead atoms. The van der Waals surface area contributed by atoms with Crippen LogP contribution in [0.15, 0.2) is 53.4 Å². The number of para-hydroxylation sites is 1. The molecule has 4 N–H and O–H groups in total.